The summed E-state index contributed by atoms with van der Waals surface area (Å²) in [5, 5.41) is 0. The maximum atomic E-state index is 5.37. The summed E-state index contributed by atoms with van der Waals surface area (Å²) in [6, 6.07) is 4.68. The molecule has 0 aliphatic carbocycles. The summed E-state index contributed by atoms with van der Waals surface area (Å²) in [6.07, 6.45) is 2.45. The first kappa shape index (κ1) is 13.6. The van der Waals surface area contributed by atoms with Gasteiger partial charge in [0.25, 0.3) is 0 Å². The standard InChI is InChI=1S/C16H25NO/c1-13-11-15(3)16(12-14(13)2)5-4-6-17-7-9-18-10-8-17/h11-12H,4-10H2,1-3H3. The Bertz CT molecular complexity index is 394. The first-order chi connectivity index (χ1) is 8.66. The van der Waals surface area contributed by atoms with Crippen LogP contribution in [0.5, 0.6) is 0 Å². The first-order valence-electron chi connectivity index (χ1n) is 7.03. The fraction of sp³-hybridized carbons (Fsp3) is 0.625. The maximum absolute atomic E-state index is 5.37. The van der Waals surface area contributed by atoms with Gasteiger partial charge in [0, 0.05) is 13.1 Å². The van der Waals surface area contributed by atoms with E-state index in [1.807, 2.05) is 0 Å². The van der Waals surface area contributed by atoms with Gasteiger partial charge in [0.15, 0.2) is 0 Å². The molecule has 0 bridgehead atoms. The van der Waals surface area contributed by atoms with Gasteiger partial charge in [0.2, 0.25) is 0 Å². The lowest BCUT2D eigenvalue weighted by molar-refractivity contribution is 0.0374. The molecule has 1 saturated heterocycles. The molecule has 0 amide bonds. The summed E-state index contributed by atoms with van der Waals surface area (Å²) in [5.74, 6) is 0. The molecule has 1 heterocycles. The van der Waals surface area contributed by atoms with Crippen molar-refractivity contribution in [2.75, 3.05) is 32.8 Å². The van der Waals surface area contributed by atoms with E-state index in [0.29, 0.717) is 0 Å². The Morgan fingerprint density at radius 1 is 1.00 bits per heavy atom. The summed E-state index contributed by atoms with van der Waals surface area (Å²) in [4.78, 5) is 2.51. The number of ether oxygens (including phenoxy) is 1. The predicted molar refractivity (Wildman–Crippen MR) is 76.2 cm³/mol. The van der Waals surface area contributed by atoms with E-state index in [1.165, 1.54) is 41.6 Å². The minimum absolute atomic E-state index is 0.905. The van der Waals surface area contributed by atoms with Crippen LogP contribution in [0.25, 0.3) is 0 Å². The van der Waals surface area contributed by atoms with Gasteiger partial charge in [0.05, 0.1) is 13.2 Å². The highest BCUT2D eigenvalue weighted by atomic mass is 16.5. The lowest BCUT2D eigenvalue weighted by Gasteiger charge is -2.26. The van der Waals surface area contributed by atoms with Crippen molar-refractivity contribution in [1.29, 1.82) is 0 Å². The molecule has 2 heteroatoms. The van der Waals surface area contributed by atoms with Gasteiger partial charge in [-0.15, -0.1) is 0 Å². The molecule has 0 spiro atoms. The highest BCUT2D eigenvalue weighted by Gasteiger charge is 2.10. The van der Waals surface area contributed by atoms with E-state index in [9.17, 15) is 0 Å². The first-order valence-corrected chi connectivity index (χ1v) is 7.03. The van der Waals surface area contributed by atoms with E-state index in [1.54, 1.807) is 0 Å². The molecule has 100 valence electrons. The third-order valence-electron chi connectivity index (χ3n) is 3.98. The molecule has 2 rings (SSSR count). The van der Waals surface area contributed by atoms with Gasteiger partial charge >= 0.3 is 0 Å². The Balaban J connectivity index is 1.84. The van der Waals surface area contributed by atoms with Crippen molar-refractivity contribution in [3.8, 4) is 0 Å². The van der Waals surface area contributed by atoms with Crippen molar-refractivity contribution in [2.45, 2.75) is 33.6 Å². The average Bonchev–Trinajstić information content (AvgIpc) is 2.37. The van der Waals surface area contributed by atoms with Gasteiger partial charge in [-0.2, -0.15) is 0 Å². The van der Waals surface area contributed by atoms with Crippen LogP contribution in [0, 0.1) is 20.8 Å². The van der Waals surface area contributed by atoms with Crippen molar-refractivity contribution in [2.24, 2.45) is 0 Å². The molecule has 0 saturated carbocycles. The molecule has 1 aromatic carbocycles. The predicted octanol–water partition coefficient (Wildman–Crippen LogP) is 2.88. The zero-order valence-corrected chi connectivity index (χ0v) is 12.0. The molecule has 0 radical (unpaired) electrons. The topological polar surface area (TPSA) is 12.5 Å². The summed E-state index contributed by atoms with van der Waals surface area (Å²) < 4.78 is 5.37. The smallest absolute Gasteiger partial charge is 0.0594 e. The van der Waals surface area contributed by atoms with Crippen molar-refractivity contribution >= 4 is 0 Å². The van der Waals surface area contributed by atoms with Gasteiger partial charge in [-0.3, -0.25) is 4.90 Å². The van der Waals surface area contributed by atoms with Gasteiger partial charge < -0.3 is 4.74 Å². The second-order valence-corrected chi connectivity index (χ2v) is 5.42. The largest absolute Gasteiger partial charge is 0.379 e. The molecule has 0 N–H and O–H groups in total. The molecule has 0 aromatic heterocycles. The molecular weight excluding hydrogens is 222 g/mol. The molecule has 2 nitrogen and oxygen atoms in total. The summed E-state index contributed by atoms with van der Waals surface area (Å²) in [7, 11) is 0. The molecule has 1 aromatic rings. The van der Waals surface area contributed by atoms with Crippen molar-refractivity contribution < 1.29 is 4.74 Å². The number of hydrogen-bond donors (Lipinski definition) is 0. The van der Waals surface area contributed by atoms with Gasteiger partial charge in [0.1, 0.15) is 0 Å². The quantitative estimate of drug-likeness (QED) is 0.811. The second-order valence-electron chi connectivity index (χ2n) is 5.42. The van der Waals surface area contributed by atoms with Crippen LogP contribution in [0.1, 0.15) is 28.7 Å². The second kappa shape index (κ2) is 6.35. The van der Waals surface area contributed by atoms with Crippen molar-refractivity contribution in [3.05, 3.63) is 34.4 Å². The summed E-state index contributed by atoms with van der Waals surface area (Å²) >= 11 is 0. The van der Waals surface area contributed by atoms with E-state index >= 15 is 0 Å². The maximum Gasteiger partial charge on any atom is 0.0594 e. The zero-order chi connectivity index (χ0) is 13.0. The number of hydrogen-bond acceptors (Lipinski definition) is 2. The highest BCUT2D eigenvalue weighted by molar-refractivity contribution is 5.36. The molecule has 1 aliphatic heterocycles. The normalized spacial score (nSPS) is 17.1. The minimum atomic E-state index is 0.905. The Labute approximate surface area is 111 Å². The van der Waals surface area contributed by atoms with Crippen LogP contribution < -0.4 is 0 Å². The highest BCUT2D eigenvalue weighted by Crippen LogP contribution is 2.17. The van der Waals surface area contributed by atoms with Crippen LogP contribution in [-0.4, -0.2) is 37.7 Å². The SMILES string of the molecule is Cc1cc(C)c(CCCN2CCOCC2)cc1C. The van der Waals surface area contributed by atoms with Gasteiger partial charge in [-0.05, 0) is 62.4 Å². The minimum Gasteiger partial charge on any atom is -0.379 e. The number of benzene rings is 1. The Morgan fingerprint density at radius 3 is 2.39 bits per heavy atom. The zero-order valence-electron chi connectivity index (χ0n) is 12.0. The van der Waals surface area contributed by atoms with Crippen LogP contribution >= 0.6 is 0 Å². The van der Waals surface area contributed by atoms with E-state index < -0.39 is 0 Å². The Morgan fingerprint density at radius 2 is 1.67 bits per heavy atom. The molecule has 0 unspecified atom stereocenters. The number of nitrogens with zero attached hydrogens (tertiary/aromatic N) is 1. The van der Waals surface area contributed by atoms with E-state index in [-0.39, 0.29) is 0 Å². The Hall–Kier alpha value is -0.860. The van der Waals surface area contributed by atoms with Gasteiger partial charge in [-0.25, -0.2) is 0 Å². The summed E-state index contributed by atoms with van der Waals surface area (Å²) in [6.45, 7) is 11.9. The lowest BCUT2D eigenvalue weighted by atomic mass is 9.98. The lowest BCUT2D eigenvalue weighted by Crippen LogP contribution is -2.36. The van der Waals surface area contributed by atoms with Crippen LogP contribution in [0.3, 0.4) is 0 Å². The van der Waals surface area contributed by atoms with E-state index in [2.05, 4.69) is 37.8 Å². The number of morpholine rings is 1. The van der Waals surface area contributed by atoms with E-state index in [4.69, 9.17) is 4.74 Å². The van der Waals surface area contributed by atoms with Gasteiger partial charge in [-0.1, -0.05) is 12.1 Å². The molecule has 18 heavy (non-hydrogen) atoms. The van der Waals surface area contributed by atoms with Crippen molar-refractivity contribution in [3.63, 3.8) is 0 Å². The van der Waals surface area contributed by atoms with Crippen LogP contribution in [-0.2, 0) is 11.2 Å². The van der Waals surface area contributed by atoms with Crippen LogP contribution in [0.2, 0.25) is 0 Å². The monoisotopic (exact) mass is 247 g/mol. The fourth-order valence-electron chi connectivity index (χ4n) is 2.61. The van der Waals surface area contributed by atoms with E-state index in [0.717, 1.165) is 26.3 Å². The third-order valence-corrected chi connectivity index (χ3v) is 3.98. The number of aryl methyl sites for hydroxylation is 4. The molecule has 0 atom stereocenters. The average molecular weight is 247 g/mol. The van der Waals surface area contributed by atoms with Crippen LogP contribution in [0.15, 0.2) is 12.1 Å². The summed E-state index contributed by atoms with van der Waals surface area (Å²) in [5.41, 5.74) is 5.79. The molecule has 1 fully saturated rings. The Kier molecular flexibility index (Phi) is 4.79. The third kappa shape index (κ3) is 3.56. The molecule has 1 aliphatic rings. The number of rotatable bonds is 4. The molecular formula is C16H25NO. The van der Waals surface area contributed by atoms with Crippen molar-refractivity contribution in [1.82, 2.24) is 4.90 Å². The fourth-order valence-corrected chi connectivity index (χ4v) is 2.61. The van der Waals surface area contributed by atoms with Crippen LogP contribution in [0.4, 0.5) is 0 Å².